The molecule has 0 spiro atoms. The number of nitrogens with zero attached hydrogens (tertiary/aromatic N) is 4. The molecule has 2 aliphatic heterocycles. The van der Waals surface area contributed by atoms with Gasteiger partial charge in [0, 0.05) is 62.1 Å². The molecular formula is C28H33N7O4. The predicted molar refractivity (Wildman–Crippen MR) is 148 cm³/mol. The summed E-state index contributed by atoms with van der Waals surface area (Å²) >= 11 is 0. The molecule has 2 saturated heterocycles. The number of piperazine rings is 1. The van der Waals surface area contributed by atoms with Gasteiger partial charge in [0.1, 0.15) is 0 Å². The summed E-state index contributed by atoms with van der Waals surface area (Å²) in [6.45, 7) is 5.82. The van der Waals surface area contributed by atoms with E-state index in [2.05, 4.69) is 25.7 Å². The van der Waals surface area contributed by atoms with E-state index in [9.17, 15) is 19.2 Å². The summed E-state index contributed by atoms with van der Waals surface area (Å²) in [5, 5.41) is 13.1. The average Bonchev–Trinajstić information content (AvgIpc) is 3.60. The van der Waals surface area contributed by atoms with Gasteiger partial charge in [-0.3, -0.25) is 29.2 Å². The molecule has 3 aromatic rings. The smallest absolute Gasteiger partial charge is 0.272 e. The van der Waals surface area contributed by atoms with Crippen LogP contribution in [0.4, 0.5) is 11.4 Å². The summed E-state index contributed by atoms with van der Waals surface area (Å²) in [5.74, 6) is -0.490. The van der Waals surface area contributed by atoms with Crippen LogP contribution in [0.3, 0.4) is 0 Å². The lowest BCUT2D eigenvalue weighted by molar-refractivity contribution is -0.132. The first-order valence-corrected chi connectivity index (χ1v) is 13.2. The number of ketones is 1. The number of likely N-dealkylation sites (tertiary alicyclic amines) is 1. The van der Waals surface area contributed by atoms with Crippen molar-refractivity contribution in [1.82, 2.24) is 25.3 Å². The number of carbonyl (C=O) groups excluding carboxylic acids is 4. The van der Waals surface area contributed by atoms with Crippen LogP contribution in [-0.2, 0) is 9.59 Å². The Kier molecular flexibility index (Phi) is 7.60. The number of amides is 3. The molecule has 204 valence electrons. The van der Waals surface area contributed by atoms with Gasteiger partial charge in [-0.15, -0.1) is 0 Å². The lowest BCUT2D eigenvalue weighted by atomic mass is 10.1. The number of rotatable bonds is 7. The molecule has 11 heteroatoms. The fourth-order valence-corrected chi connectivity index (χ4v) is 5.23. The Morgan fingerprint density at radius 2 is 1.74 bits per heavy atom. The molecule has 2 aliphatic rings. The maximum absolute atomic E-state index is 13.0. The van der Waals surface area contributed by atoms with Crippen LogP contribution in [0.15, 0.2) is 42.5 Å². The van der Waals surface area contributed by atoms with Crippen molar-refractivity contribution in [3.8, 4) is 0 Å². The van der Waals surface area contributed by atoms with Crippen molar-refractivity contribution >= 4 is 45.8 Å². The quantitative estimate of drug-likeness (QED) is 0.396. The molecule has 5 rings (SSSR count). The molecule has 1 atom stereocenters. The molecule has 3 heterocycles. The minimum absolute atomic E-state index is 0.0471. The maximum atomic E-state index is 13.0. The third kappa shape index (κ3) is 5.78. The van der Waals surface area contributed by atoms with Gasteiger partial charge in [-0.1, -0.05) is 0 Å². The van der Waals surface area contributed by atoms with Gasteiger partial charge < -0.3 is 20.4 Å². The highest BCUT2D eigenvalue weighted by Gasteiger charge is 2.31. The summed E-state index contributed by atoms with van der Waals surface area (Å²) in [6.07, 6.45) is 0.681. The molecular weight excluding hydrogens is 498 g/mol. The third-order valence-electron chi connectivity index (χ3n) is 7.55. The van der Waals surface area contributed by atoms with Crippen LogP contribution < -0.4 is 15.5 Å². The number of aromatic nitrogens is 2. The topological polar surface area (TPSA) is 131 Å². The zero-order chi connectivity index (χ0) is 27.5. The maximum Gasteiger partial charge on any atom is 0.272 e. The second-order valence-corrected chi connectivity index (χ2v) is 10.1. The van der Waals surface area contributed by atoms with Crippen molar-refractivity contribution in [3.05, 3.63) is 53.7 Å². The Morgan fingerprint density at radius 1 is 1.00 bits per heavy atom. The SMILES string of the molecule is CNC(=O)c1n[nH]c2ccc(NC(=O)[C@@H]3CCN(CC(=O)N4CCN(c5ccc(C(C)=O)cc5)CC4)C3)cc12. The van der Waals surface area contributed by atoms with Crippen LogP contribution in [0.2, 0.25) is 0 Å². The molecule has 0 bridgehead atoms. The number of carbonyl (C=O) groups is 4. The minimum Gasteiger partial charge on any atom is -0.368 e. The van der Waals surface area contributed by atoms with Crippen molar-refractivity contribution < 1.29 is 19.2 Å². The van der Waals surface area contributed by atoms with E-state index in [1.165, 1.54) is 0 Å². The van der Waals surface area contributed by atoms with Gasteiger partial charge in [0.2, 0.25) is 11.8 Å². The first-order chi connectivity index (χ1) is 18.8. The van der Waals surface area contributed by atoms with E-state index >= 15 is 0 Å². The monoisotopic (exact) mass is 531 g/mol. The molecule has 0 radical (unpaired) electrons. The molecule has 3 N–H and O–H groups in total. The van der Waals surface area contributed by atoms with E-state index in [0.29, 0.717) is 61.3 Å². The molecule has 39 heavy (non-hydrogen) atoms. The van der Waals surface area contributed by atoms with E-state index in [1.54, 1.807) is 32.2 Å². The van der Waals surface area contributed by atoms with Crippen LogP contribution in [0.1, 0.15) is 34.2 Å². The normalized spacial score (nSPS) is 17.8. The lowest BCUT2D eigenvalue weighted by Gasteiger charge is -2.36. The van der Waals surface area contributed by atoms with Gasteiger partial charge >= 0.3 is 0 Å². The van der Waals surface area contributed by atoms with Gasteiger partial charge in [-0.25, -0.2) is 0 Å². The summed E-state index contributed by atoms with van der Waals surface area (Å²) in [6, 6.07) is 12.9. The molecule has 11 nitrogen and oxygen atoms in total. The fourth-order valence-electron chi connectivity index (χ4n) is 5.23. The van der Waals surface area contributed by atoms with Crippen LogP contribution in [0.25, 0.3) is 10.9 Å². The number of nitrogens with one attached hydrogen (secondary N) is 3. The highest BCUT2D eigenvalue weighted by molar-refractivity contribution is 6.06. The first-order valence-electron chi connectivity index (χ1n) is 13.2. The molecule has 2 fully saturated rings. The van der Waals surface area contributed by atoms with Crippen molar-refractivity contribution in [2.24, 2.45) is 5.92 Å². The average molecular weight is 532 g/mol. The zero-order valence-corrected chi connectivity index (χ0v) is 22.2. The Labute approximate surface area is 226 Å². The highest BCUT2D eigenvalue weighted by Crippen LogP contribution is 2.24. The number of H-pyrrole nitrogens is 1. The number of fused-ring (bicyclic) bond motifs is 1. The Bertz CT molecular complexity index is 1390. The van der Waals surface area contributed by atoms with E-state index in [4.69, 9.17) is 0 Å². The number of hydrogen-bond acceptors (Lipinski definition) is 7. The van der Waals surface area contributed by atoms with E-state index < -0.39 is 0 Å². The molecule has 2 aromatic carbocycles. The standard InChI is InChI=1S/C28H33N7O4/c1-18(36)19-3-6-22(7-4-19)34-11-13-35(14-12-34)25(37)17-33-10-9-20(16-33)27(38)30-21-5-8-24-23(15-21)26(32-31-24)28(39)29-2/h3-8,15,20H,9-14,16-17H2,1-2H3,(H,29,39)(H,30,38)(H,31,32)/t20-/m1/s1. The highest BCUT2D eigenvalue weighted by atomic mass is 16.2. The molecule has 3 amide bonds. The Balaban J connectivity index is 1.10. The molecule has 0 unspecified atom stereocenters. The van der Waals surface area contributed by atoms with Crippen molar-refractivity contribution in [1.29, 1.82) is 0 Å². The number of Topliss-reactive ketones (excluding diaryl/α,β-unsaturated/α-hetero) is 1. The van der Waals surface area contributed by atoms with Gasteiger partial charge in [-0.05, 0) is 62.4 Å². The zero-order valence-electron chi connectivity index (χ0n) is 22.2. The molecule has 0 aliphatic carbocycles. The fraction of sp³-hybridized carbons (Fsp3) is 0.393. The van der Waals surface area contributed by atoms with Crippen molar-refractivity contribution in [2.45, 2.75) is 13.3 Å². The second-order valence-electron chi connectivity index (χ2n) is 10.1. The minimum atomic E-state index is -0.300. The van der Waals surface area contributed by atoms with E-state index in [-0.39, 0.29) is 35.1 Å². The van der Waals surface area contributed by atoms with Crippen molar-refractivity contribution in [2.75, 3.05) is 63.1 Å². The van der Waals surface area contributed by atoms with Crippen molar-refractivity contribution in [3.63, 3.8) is 0 Å². The van der Waals surface area contributed by atoms with Gasteiger partial charge in [0.15, 0.2) is 11.5 Å². The second kappa shape index (κ2) is 11.2. The van der Waals surface area contributed by atoms with Crippen LogP contribution in [-0.4, -0.2) is 96.4 Å². The number of aromatic amines is 1. The largest absolute Gasteiger partial charge is 0.368 e. The Hall–Kier alpha value is -4.25. The van der Waals surface area contributed by atoms with Crippen LogP contribution in [0, 0.1) is 5.92 Å². The summed E-state index contributed by atoms with van der Waals surface area (Å²) in [5.41, 5.74) is 3.34. The first kappa shape index (κ1) is 26.4. The molecule has 0 saturated carbocycles. The third-order valence-corrected chi connectivity index (χ3v) is 7.55. The number of anilines is 2. The number of benzene rings is 2. The Morgan fingerprint density at radius 3 is 2.44 bits per heavy atom. The number of hydrogen-bond donors (Lipinski definition) is 3. The van der Waals surface area contributed by atoms with Gasteiger partial charge in [-0.2, -0.15) is 5.10 Å². The molecule has 1 aromatic heterocycles. The lowest BCUT2D eigenvalue weighted by Crippen LogP contribution is -2.51. The van der Waals surface area contributed by atoms with E-state index in [1.807, 2.05) is 34.1 Å². The summed E-state index contributed by atoms with van der Waals surface area (Å²) in [4.78, 5) is 55.7. The van der Waals surface area contributed by atoms with Crippen LogP contribution in [0.5, 0.6) is 0 Å². The van der Waals surface area contributed by atoms with Gasteiger partial charge in [0.25, 0.3) is 5.91 Å². The summed E-state index contributed by atoms with van der Waals surface area (Å²) in [7, 11) is 1.54. The predicted octanol–water partition coefficient (Wildman–Crippen LogP) is 1.73. The van der Waals surface area contributed by atoms with Gasteiger partial charge in [0.05, 0.1) is 18.0 Å². The van der Waals surface area contributed by atoms with E-state index in [0.717, 1.165) is 18.8 Å². The van der Waals surface area contributed by atoms with Crippen LogP contribution >= 0.6 is 0 Å². The summed E-state index contributed by atoms with van der Waals surface area (Å²) < 4.78 is 0.